The maximum atomic E-state index is 12.1. The number of likely N-dealkylation sites (tertiary alicyclic amines) is 1. The van der Waals surface area contributed by atoms with E-state index in [4.69, 9.17) is 15.6 Å². The van der Waals surface area contributed by atoms with Gasteiger partial charge in [-0.15, -0.1) is 0 Å². The fourth-order valence-electron chi connectivity index (χ4n) is 3.19. The molecule has 4 rings (SSSR count). The van der Waals surface area contributed by atoms with E-state index in [1.54, 1.807) is 25.5 Å². The number of benzene rings is 1. The van der Waals surface area contributed by atoms with E-state index in [1.165, 1.54) is 4.90 Å². The molecule has 1 amide bonds. The van der Waals surface area contributed by atoms with Gasteiger partial charge in [-0.1, -0.05) is 17.9 Å². The number of carbonyl (C=O) groups is 2. The summed E-state index contributed by atoms with van der Waals surface area (Å²) in [6, 6.07) is 7.41. The Kier molecular flexibility index (Phi) is 6.93. The van der Waals surface area contributed by atoms with Gasteiger partial charge in [-0.25, -0.2) is 19.7 Å². The second kappa shape index (κ2) is 9.55. The van der Waals surface area contributed by atoms with Crippen molar-refractivity contribution in [1.82, 2.24) is 19.9 Å². The number of nitrogen functional groups attached to an aromatic ring is 1. The van der Waals surface area contributed by atoms with Gasteiger partial charge in [0.25, 0.3) is 5.91 Å². The van der Waals surface area contributed by atoms with Crippen LogP contribution in [0, 0.1) is 18.8 Å². The molecule has 9 nitrogen and oxygen atoms in total. The Morgan fingerprint density at radius 3 is 2.54 bits per heavy atom. The number of fused-ring (bicyclic) bond motifs is 1. The van der Waals surface area contributed by atoms with Gasteiger partial charge >= 0.3 is 12.1 Å². The number of aryl methyl sites for hydroxylation is 1. The zero-order valence-electron chi connectivity index (χ0n) is 18.6. The Balaban J connectivity index is 0.000000429. The lowest BCUT2D eigenvalue weighted by molar-refractivity contribution is -0.192. The monoisotopic (exact) mass is 487 g/mol. The number of carbonyl (C=O) groups excluding carboxylic acids is 1. The SMILES string of the molecule is Cc1ccc(C#C[C@]2(O)CCN(C)C2=O)cc1-c1ncc2ccnc(N)c2n1.O=C(O)C(F)(F)F. The smallest absolute Gasteiger partial charge is 0.475 e. The molecule has 1 atom stereocenters. The first-order valence-corrected chi connectivity index (χ1v) is 10.1. The average Bonchev–Trinajstić information content (AvgIpc) is 3.06. The fourth-order valence-corrected chi connectivity index (χ4v) is 3.19. The van der Waals surface area contributed by atoms with Crippen molar-refractivity contribution in [3.05, 3.63) is 47.8 Å². The number of carboxylic acid groups (broad SMARTS) is 1. The van der Waals surface area contributed by atoms with Crippen LogP contribution in [-0.2, 0) is 9.59 Å². The number of nitrogens with zero attached hydrogens (tertiary/aromatic N) is 4. The van der Waals surface area contributed by atoms with Gasteiger partial charge in [-0.2, -0.15) is 13.2 Å². The molecule has 1 aromatic carbocycles. The van der Waals surface area contributed by atoms with Gasteiger partial charge in [-0.3, -0.25) is 4.79 Å². The number of aliphatic hydroxyl groups is 1. The van der Waals surface area contributed by atoms with Crippen LogP contribution in [0.1, 0.15) is 17.5 Å². The first kappa shape index (κ1) is 25.4. The molecule has 0 radical (unpaired) electrons. The Labute approximate surface area is 197 Å². The van der Waals surface area contributed by atoms with E-state index in [1.807, 2.05) is 25.1 Å². The summed E-state index contributed by atoms with van der Waals surface area (Å²) in [5, 5.41) is 18.4. The predicted octanol–water partition coefficient (Wildman–Crippen LogP) is 2.16. The molecule has 1 aliphatic heterocycles. The second-order valence-corrected chi connectivity index (χ2v) is 7.75. The van der Waals surface area contributed by atoms with Crippen LogP contribution in [-0.4, -0.2) is 67.3 Å². The normalized spacial score (nSPS) is 17.4. The van der Waals surface area contributed by atoms with Crippen LogP contribution in [0.3, 0.4) is 0 Å². The van der Waals surface area contributed by atoms with E-state index >= 15 is 0 Å². The number of nitrogens with two attached hydrogens (primary N) is 1. The van der Waals surface area contributed by atoms with Crippen molar-refractivity contribution in [1.29, 1.82) is 0 Å². The molecule has 12 heteroatoms. The van der Waals surface area contributed by atoms with Crippen molar-refractivity contribution in [2.24, 2.45) is 0 Å². The quantitative estimate of drug-likeness (QED) is 0.443. The topological polar surface area (TPSA) is 143 Å². The van der Waals surface area contributed by atoms with Gasteiger partial charge in [0, 0.05) is 48.9 Å². The average molecular weight is 487 g/mol. The van der Waals surface area contributed by atoms with Crippen LogP contribution in [0.25, 0.3) is 22.3 Å². The van der Waals surface area contributed by atoms with Gasteiger partial charge in [0.05, 0.1) is 0 Å². The van der Waals surface area contributed by atoms with Crippen molar-refractivity contribution < 1.29 is 33.0 Å². The van der Waals surface area contributed by atoms with Crippen LogP contribution in [0.2, 0.25) is 0 Å². The molecule has 3 aromatic rings. The second-order valence-electron chi connectivity index (χ2n) is 7.75. The van der Waals surface area contributed by atoms with Crippen molar-refractivity contribution in [3.8, 4) is 23.2 Å². The minimum Gasteiger partial charge on any atom is -0.475 e. The summed E-state index contributed by atoms with van der Waals surface area (Å²) in [6.45, 7) is 2.44. The number of hydrogen-bond acceptors (Lipinski definition) is 7. The summed E-state index contributed by atoms with van der Waals surface area (Å²) in [7, 11) is 1.66. The summed E-state index contributed by atoms with van der Waals surface area (Å²) < 4.78 is 31.7. The van der Waals surface area contributed by atoms with E-state index in [0.29, 0.717) is 35.7 Å². The molecular weight excluding hydrogens is 467 g/mol. The van der Waals surface area contributed by atoms with Crippen molar-refractivity contribution >= 4 is 28.6 Å². The molecule has 1 fully saturated rings. The summed E-state index contributed by atoms with van der Waals surface area (Å²) >= 11 is 0. The highest BCUT2D eigenvalue weighted by molar-refractivity contribution is 5.90. The minimum atomic E-state index is -5.08. The van der Waals surface area contributed by atoms with E-state index in [0.717, 1.165) is 16.5 Å². The number of alkyl halides is 3. The number of carboxylic acids is 1. The van der Waals surface area contributed by atoms with Crippen LogP contribution < -0.4 is 5.73 Å². The number of aliphatic carboxylic acids is 1. The molecule has 0 spiro atoms. The summed E-state index contributed by atoms with van der Waals surface area (Å²) in [4.78, 5) is 35.5. The molecule has 1 aliphatic rings. The highest BCUT2D eigenvalue weighted by Gasteiger charge is 2.42. The number of rotatable bonds is 1. The third kappa shape index (κ3) is 5.64. The van der Waals surface area contributed by atoms with E-state index in [-0.39, 0.29) is 5.91 Å². The van der Waals surface area contributed by atoms with Gasteiger partial charge in [0.2, 0.25) is 5.60 Å². The molecule has 0 saturated carbocycles. The Morgan fingerprint density at radius 2 is 1.94 bits per heavy atom. The number of anilines is 1. The van der Waals surface area contributed by atoms with E-state index in [9.17, 15) is 23.1 Å². The molecule has 3 heterocycles. The molecule has 35 heavy (non-hydrogen) atoms. The van der Waals surface area contributed by atoms with Gasteiger partial charge in [0.1, 0.15) is 11.3 Å². The van der Waals surface area contributed by atoms with Crippen molar-refractivity contribution in [2.45, 2.75) is 25.1 Å². The molecule has 4 N–H and O–H groups in total. The zero-order valence-corrected chi connectivity index (χ0v) is 18.6. The van der Waals surface area contributed by atoms with Crippen LogP contribution >= 0.6 is 0 Å². The first-order valence-electron chi connectivity index (χ1n) is 10.1. The maximum Gasteiger partial charge on any atom is 0.490 e. The van der Waals surface area contributed by atoms with E-state index < -0.39 is 17.7 Å². The van der Waals surface area contributed by atoms with Crippen LogP contribution in [0.5, 0.6) is 0 Å². The molecule has 182 valence electrons. The molecule has 0 bridgehead atoms. The van der Waals surface area contributed by atoms with Crippen LogP contribution in [0.4, 0.5) is 19.0 Å². The summed E-state index contributed by atoms with van der Waals surface area (Å²) in [5.74, 6) is 3.40. The van der Waals surface area contributed by atoms with Gasteiger partial charge in [0.15, 0.2) is 5.82 Å². The van der Waals surface area contributed by atoms with Gasteiger partial charge in [-0.05, 0) is 30.7 Å². The lowest BCUT2D eigenvalue weighted by Gasteiger charge is -2.13. The minimum absolute atomic E-state index is 0.300. The highest BCUT2D eigenvalue weighted by atomic mass is 19.4. The fraction of sp³-hybridized carbons (Fsp3) is 0.261. The summed E-state index contributed by atoms with van der Waals surface area (Å²) in [5.41, 5.74) is 7.35. The standard InChI is InChI=1S/C21H19N5O2.C2HF3O2/c1-13-3-4-14(5-7-21(28)8-10-26(2)20(21)27)11-16(13)19-24-12-15-6-9-23-18(22)17(15)25-19;3-2(4,5)1(6)7/h3-4,6,9,11-12,28H,8,10H2,1-2H3,(H2,22,23);(H,6,7)/t21-;/m0./s1. The maximum absolute atomic E-state index is 12.1. The first-order chi connectivity index (χ1) is 16.3. The molecule has 2 aromatic heterocycles. The van der Waals surface area contributed by atoms with Crippen LogP contribution in [0.15, 0.2) is 36.7 Å². The number of aromatic nitrogens is 3. The third-order valence-corrected chi connectivity index (χ3v) is 5.17. The van der Waals surface area contributed by atoms with Crippen molar-refractivity contribution in [3.63, 3.8) is 0 Å². The third-order valence-electron chi connectivity index (χ3n) is 5.17. The van der Waals surface area contributed by atoms with Gasteiger partial charge < -0.3 is 20.8 Å². The number of amides is 1. The largest absolute Gasteiger partial charge is 0.490 e. The Morgan fingerprint density at radius 1 is 1.26 bits per heavy atom. The lowest BCUT2D eigenvalue weighted by Crippen LogP contribution is -2.37. The number of halogens is 3. The summed E-state index contributed by atoms with van der Waals surface area (Å²) in [6.07, 6.45) is -1.45. The zero-order chi connectivity index (χ0) is 26.0. The molecule has 0 aliphatic carbocycles. The highest BCUT2D eigenvalue weighted by Crippen LogP contribution is 2.25. The Bertz CT molecular complexity index is 1370. The molecule has 1 saturated heterocycles. The van der Waals surface area contributed by atoms with E-state index in [2.05, 4.69) is 26.8 Å². The van der Waals surface area contributed by atoms with Crippen molar-refractivity contribution in [2.75, 3.05) is 19.3 Å². The number of pyridine rings is 1. The lowest BCUT2D eigenvalue weighted by atomic mass is 10.0. The number of hydrogen-bond donors (Lipinski definition) is 3. The predicted molar refractivity (Wildman–Crippen MR) is 120 cm³/mol. The molecule has 0 unspecified atom stereocenters. The molecular formula is C23H20F3N5O4. The Hall–Kier alpha value is -4.24. The number of likely N-dealkylation sites (N-methyl/N-ethyl adjacent to an activating group) is 1.